The molecule has 7 nitrogen and oxygen atoms in total. The van der Waals surface area contributed by atoms with Crippen LogP contribution in [0.1, 0.15) is 48.2 Å². The van der Waals surface area contributed by atoms with E-state index in [4.69, 9.17) is 0 Å². The van der Waals surface area contributed by atoms with Gasteiger partial charge >= 0.3 is 0 Å². The minimum Gasteiger partial charge on any atom is -0.322 e. The quantitative estimate of drug-likeness (QED) is 0.619. The Morgan fingerprint density at radius 1 is 1.31 bits per heavy atom. The Morgan fingerprint density at radius 3 is 2.85 bits per heavy atom. The van der Waals surface area contributed by atoms with Gasteiger partial charge in [-0.3, -0.25) is 19.7 Å². The first-order valence-electron chi connectivity index (χ1n) is 9.20. The van der Waals surface area contributed by atoms with E-state index in [0.717, 1.165) is 24.2 Å². The number of benzene rings is 1. The summed E-state index contributed by atoms with van der Waals surface area (Å²) >= 11 is 0. The molecule has 2 aliphatic rings. The SMILES string of the molecule is CCN[C@@H](C)CNCc1ccc2c(c1)C(=O)N(C1CCC(=O)NC1=O)C2. The Kier molecular flexibility index (Phi) is 5.68. The summed E-state index contributed by atoms with van der Waals surface area (Å²) in [5.41, 5.74) is 2.64. The molecule has 2 heterocycles. The van der Waals surface area contributed by atoms with E-state index in [-0.39, 0.29) is 24.1 Å². The maximum absolute atomic E-state index is 12.8. The predicted molar refractivity (Wildman–Crippen MR) is 97.3 cm³/mol. The monoisotopic (exact) mass is 358 g/mol. The van der Waals surface area contributed by atoms with Gasteiger partial charge in [-0.05, 0) is 37.1 Å². The van der Waals surface area contributed by atoms with E-state index >= 15 is 0 Å². The van der Waals surface area contributed by atoms with Crippen LogP contribution in [0.15, 0.2) is 18.2 Å². The van der Waals surface area contributed by atoms with Gasteiger partial charge in [0.2, 0.25) is 11.8 Å². The molecule has 1 aromatic rings. The second-order valence-corrected chi connectivity index (χ2v) is 6.98. The fourth-order valence-electron chi connectivity index (χ4n) is 3.57. The zero-order valence-corrected chi connectivity index (χ0v) is 15.3. The number of carbonyl (C=O) groups excluding carboxylic acids is 3. The first-order chi connectivity index (χ1) is 12.5. The molecule has 0 saturated carbocycles. The van der Waals surface area contributed by atoms with Crippen LogP contribution in [0.4, 0.5) is 0 Å². The Balaban J connectivity index is 1.63. The van der Waals surface area contributed by atoms with Crippen LogP contribution in [0.25, 0.3) is 0 Å². The molecule has 0 bridgehead atoms. The van der Waals surface area contributed by atoms with Crippen molar-refractivity contribution in [2.75, 3.05) is 13.1 Å². The van der Waals surface area contributed by atoms with E-state index in [0.29, 0.717) is 31.1 Å². The van der Waals surface area contributed by atoms with Crippen molar-refractivity contribution >= 4 is 17.7 Å². The zero-order valence-electron chi connectivity index (χ0n) is 15.3. The zero-order chi connectivity index (χ0) is 18.7. The average molecular weight is 358 g/mol. The van der Waals surface area contributed by atoms with E-state index in [1.807, 2.05) is 18.2 Å². The van der Waals surface area contributed by atoms with Crippen LogP contribution in [0, 0.1) is 0 Å². The van der Waals surface area contributed by atoms with Crippen molar-refractivity contribution in [1.82, 2.24) is 20.9 Å². The van der Waals surface area contributed by atoms with Crippen molar-refractivity contribution in [2.45, 2.75) is 51.9 Å². The van der Waals surface area contributed by atoms with Crippen molar-refractivity contribution in [3.63, 3.8) is 0 Å². The number of nitrogens with zero attached hydrogens (tertiary/aromatic N) is 1. The van der Waals surface area contributed by atoms with Gasteiger partial charge in [-0.2, -0.15) is 0 Å². The molecule has 26 heavy (non-hydrogen) atoms. The lowest BCUT2D eigenvalue weighted by Crippen LogP contribution is -2.52. The van der Waals surface area contributed by atoms with Gasteiger partial charge in [0, 0.05) is 37.7 Å². The summed E-state index contributed by atoms with van der Waals surface area (Å²) in [4.78, 5) is 37.7. The normalized spacial score (nSPS) is 20.9. The third-order valence-electron chi connectivity index (χ3n) is 4.92. The molecule has 140 valence electrons. The summed E-state index contributed by atoms with van der Waals surface area (Å²) in [5.74, 6) is -0.769. The highest BCUT2D eigenvalue weighted by atomic mass is 16.2. The van der Waals surface area contributed by atoms with Crippen molar-refractivity contribution < 1.29 is 14.4 Å². The van der Waals surface area contributed by atoms with Crippen molar-refractivity contribution in [3.05, 3.63) is 34.9 Å². The van der Waals surface area contributed by atoms with Gasteiger partial charge in [0.1, 0.15) is 6.04 Å². The molecule has 2 atom stereocenters. The van der Waals surface area contributed by atoms with E-state index < -0.39 is 6.04 Å². The van der Waals surface area contributed by atoms with E-state index in [1.54, 1.807) is 4.90 Å². The highest BCUT2D eigenvalue weighted by molar-refractivity contribution is 6.05. The molecule has 2 aliphatic heterocycles. The second-order valence-electron chi connectivity index (χ2n) is 6.98. The molecule has 7 heteroatoms. The molecule has 0 aliphatic carbocycles. The van der Waals surface area contributed by atoms with Gasteiger partial charge in [-0.15, -0.1) is 0 Å². The van der Waals surface area contributed by atoms with Gasteiger partial charge < -0.3 is 15.5 Å². The second kappa shape index (κ2) is 7.97. The van der Waals surface area contributed by atoms with Crippen LogP contribution in [-0.4, -0.2) is 47.8 Å². The number of hydrogen-bond donors (Lipinski definition) is 3. The van der Waals surface area contributed by atoms with Crippen LogP contribution in [0.2, 0.25) is 0 Å². The maximum atomic E-state index is 12.8. The molecule has 0 radical (unpaired) electrons. The highest BCUT2D eigenvalue weighted by Gasteiger charge is 2.38. The van der Waals surface area contributed by atoms with Crippen LogP contribution >= 0.6 is 0 Å². The topological polar surface area (TPSA) is 90.5 Å². The lowest BCUT2D eigenvalue weighted by atomic mass is 10.0. The average Bonchev–Trinajstić information content (AvgIpc) is 2.92. The Labute approximate surface area is 153 Å². The van der Waals surface area contributed by atoms with E-state index in [1.165, 1.54) is 0 Å². The molecule has 3 N–H and O–H groups in total. The standard InChI is InChI=1S/C19H26N4O3/c1-3-21-12(2)9-20-10-13-4-5-14-11-23(19(26)15(14)8-13)16-6-7-17(24)22-18(16)25/h4-5,8,12,16,20-21H,3,6-7,9-11H2,1-2H3,(H,22,24,25)/t12-,16?/m0/s1. The number of likely N-dealkylation sites (N-methyl/N-ethyl adjacent to an activating group) is 1. The third-order valence-corrected chi connectivity index (χ3v) is 4.92. The summed E-state index contributed by atoms with van der Waals surface area (Å²) in [6, 6.07) is 5.72. The molecule has 1 aromatic carbocycles. The predicted octanol–water partition coefficient (Wildman–Crippen LogP) is 0.535. The molecule has 0 aromatic heterocycles. The molecular formula is C19H26N4O3. The first-order valence-corrected chi connectivity index (χ1v) is 9.20. The number of rotatable bonds is 7. The summed E-state index contributed by atoms with van der Waals surface area (Å²) in [7, 11) is 0. The third kappa shape index (κ3) is 3.94. The van der Waals surface area contributed by atoms with Gasteiger partial charge in [-0.25, -0.2) is 0 Å². The summed E-state index contributed by atoms with van der Waals surface area (Å²) in [6.07, 6.45) is 0.663. The van der Waals surface area contributed by atoms with Crippen molar-refractivity contribution in [2.24, 2.45) is 0 Å². The molecule has 3 amide bonds. The van der Waals surface area contributed by atoms with Crippen molar-refractivity contribution in [1.29, 1.82) is 0 Å². The first kappa shape index (κ1) is 18.5. The molecule has 3 rings (SSSR count). The number of carbonyl (C=O) groups is 3. The van der Waals surface area contributed by atoms with Crippen LogP contribution in [0.5, 0.6) is 0 Å². The highest BCUT2D eigenvalue weighted by Crippen LogP contribution is 2.28. The van der Waals surface area contributed by atoms with Crippen LogP contribution in [0.3, 0.4) is 0 Å². The number of piperidine rings is 1. The van der Waals surface area contributed by atoms with Gasteiger partial charge in [0.25, 0.3) is 5.91 Å². The van der Waals surface area contributed by atoms with E-state index in [9.17, 15) is 14.4 Å². The minimum absolute atomic E-state index is 0.127. The molecular weight excluding hydrogens is 332 g/mol. The number of amides is 3. The van der Waals surface area contributed by atoms with Crippen molar-refractivity contribution in [3.8, 4) is 0 Å². The largest absolute Gasteiger partial charge is 0.322 e. The lowest BCUT2D eigenvalue weighted by molar-refractivity contribution is -0.136. The molecule has 1 unspecified atom stereocenters. The van der Waals surface area contributed by atoms with Gasteiger partial charge in [-0.1, -0.05) is 19.1 Å². The molecule has 1 saturated heterocycles. The Bertz CT molecular complexity index is 719. The summed E-state index contributed by atoms with van der Waals surface area (Å²) < 4.78 is 0. The Morgan fingerprint density at radius 2 is 2.12 bits per heavy atom. The number of fused-ring (bicyclic) bond motifs is 1. The summed E-state index contributed by atoms with van der Waals surface area (Å²) in [5, 5.41) is 9.06. The fourth-order valence-corrected chi connectivity index (χ4v) is 3.57. The number of imide groups is 1. The fraction of sp³-hybridized carbons (Fsp3) is 0.526. The Hall–Kier alpha value is -2.25. The van der Waals surface area contributed by atoms with Gasteiger partial charge in [0.15, 0.2) is 0 Å². The van der Waals surface area contributed by atoms with Crippen LogP contribution < -0.4 is 16.0 Å². The van der Waals surface area contributed by atoms with Gasteiger partial charge in [0.05, 0.1) is 0 Å². The maximum Gasteiger partial charge on any atom is 0.255 e. The summed E-state index contributed by atoms with van der Waals surface area (Å²) in [6.45, 7) is 7.10. The lowest BCUT2D eigenvalue weighted by Gasteiger charge is -2.29. The number of hydrogen-bond acceptors (Lipinski definition) is 5. The van der Waals surface area contributed by atoms with E-state index in [2.05, 4.69) is 29.8 Å². The van der Waals surface area contributed by atoms with Crippen LogP contribution in [-0.2, 0) is 22.7 Å². The molecule has 0 spiro atoms. The smallest absolute Gasteiger partial charge is 0.255 e. The minimum atomic E-state index is -0.560. The number of nitrogens with one attached hydrogen (secondary N) is 3. The molecule has 1 fully saturated rings.